The molecule has 1 saturated heterocycles. The van der Waals surface area contributed by atoms with E-state index in [2.05, 4.69) is 4.98 Å². The van der Waals surface area contributed by atoms with E-state index in [1.54, 1.807) is 18.9 Å². The molecule has 4 aliphatic rings. The molecule has 2 aliphatic carbocycles. The summed E-state index contributed by atoms with van der Waals surface area (Å²) in [7, 11) is 1.62. The Morgan fingerprint density at radius 2 is 1.88 bits per heavy atom. The van der Waals surface area contributed by atoms with Crippen LogP contribution in [0.5, 0.6) is 5.75 Å². The van der Waals surface area contributed by atoms with Crippen LogP contribution < -0.4 is 9.61 Å². The molecule has 0 radical (unpaired) electrons. The number of nitrogens with one attached hydrogen (secondary N) is 1. The number of methoxy groups -OCH3 is 1. The van der Waals surface area contributed by atoms with Crippen molar-refractivity contribution in [1.82, 2.24) is 9.88 Å². The number of aromatic nitrogens is 1. The van der Waals surface area contributed by atoms with E-state index in [-0.39, 0.29) is 45.6 Å². The Labute approximate surface area is 197 Å². The summed E-state index contributed by atoms with van der Waals surface area (Å²) in [4.78, 5) is 55.3. The first kappa shape index (κ1) is 21.0. The Hall–Kier alpha value is -2.59. The normalized spacial score (nSPS) is 34.7. The van der Waals surface area contributed by atoms with Crippen LogP contribution in [0.15, 0.2) is 34.1 Å². The highest BCUT2D eigenvalue weighted by Gasteiger charge is 2.70. The van der Waals surface area contributed by atoms with Gasteiger partial charge in [-0.15, -0.1) is 11.8 Å². The number of fused-ring (bicyclic) bond motifs is 9. The molecule has 3 fully saturated rings. The summed E-state index contributed by atoms with van der Waals surface area (Å²) in [6.07, 6.45) is 0.759. The Morgan fingerprint density at radius 1 is 1.18 bits per heavy atom. The number of aromatic amines is 1. The number of ether oxygens (including phenoxy) is 1. The van der Waals surface area contributed by atoms with Gasteiger partial charge in [-0.25, -0.2) is 4.79 Å². The molecule has 3 heterocycles. The van der Waals surface area contributed by atoms with Crippen LogP contribution in [0.25, 0.3) is 0 Å². The van der Waals surface area contributed by atoms with Crippen molar-refractivity contribution < 1.29 is 24.2 Å². The van der Waals surface area contributed by atoms with Crippen molar-refractivity contribution in [2.24, 2.45) is 29.6 Å². The Balaban J connectivity index is 1.47. The van der Waals surface area contributed by atoms with Gasteiger partial charge in [0.1, 0.15) is 11.8 Å². The molecule has 33 heavy (non-hydrogen) atoms. The number of aliphatic carboxylic acids is 1. The Bertz CT molecular complexity index is 1250. The lowest BCUT2D eigenvalue weighted by atomic mass is 9.68. The summed E-state index contributed by atoms with van der Waals surface area (Å²) in [6.45, 7) is 1.39. The van der Waals surface area contributed by atoms with Gasteiger partial charge in [0.05, 0.1) is 24.0 Å². The molecule has 0 spiro atoms. The lowest BCUT2D eigenvalue weighted by Crippen LogP contribution is -2.44. The van der Waals surface area contributed by atoms with Crippen molar-refractivity contribution in [3.8, 4) is 5.75 Å². The average molecular weight is 487 g/mol. The molecule has 6 rings (SSSR count). The van der Waals surface area contributed by atoms with Crippen LogP contribution in [0.1, 0.15) is 29.7 Å². The van der Waals surface area contributed by atoms with Crippen molar-refractivity contribution in [3.05, 3.63) is 44.4 Å². The largest absolute Gasteiger partial charge is 0.496 e. The maximum atomic E-state index is 13.4. The molecule has 2 aliphatic heterocycles. The van der Waals surface area contributed by atoms with Gasteiger partial charge in [0.15, 0.2) is 0 Å². The SMILES string of the molecule is COc1ccccc1[C@H]1c2sc(=O)[nH]c2S[C@@H]2[C@@H]3C[C@@H]([C@@H]4C(=O)N([C@@H](C)C(=O)O)C(=O)[C@@H]34)[C@H]12. The number of hydrogen-bond donors (Lipinski definition) is 2. The number of carboxylic acid groups (broad SMARTS) is 1. The van der Waals surface area contributed by atoms with Crippen LogP contribution in [0, 0.1) is 29.6 Å². The van der Waals surface area contributed by atoms with E-state index in [1.807, 2.05) is 24.3 Å². The quantitative estimate of drug-likeness (QED) is 0.638. The number of hydrogen-bond acceptors (Lipinski definition) is 7. The first-order valence-electron chi connectivity index (χ1n) is 11.0. The third-order valence-electron chi connectivity index (χ3n) is 7.98. The van der Waals surface area contributed by atoms with E-state index in [4.69, 9.17) is 4.74 Å². The number of nitrogens with zero attached hydrogens (tertiary/aromatic N) is 1. The summed E-state index contributed by atoms with van der Waals surface area (Å²) in [5.74, 6) is -2.32. The summed E-state index contributed by atoms with van der Waals surface area (Å²) in [5.41, 5.74) is 0.975. The maximum Gasteiger partial charge on any atom is 0.326 e. The van der Waals surface area contributed by atoms with Gasteiger partial charge in [0.2, 0.25) is 11.8 Å². The molecule has 2 bridgehead atoms. The van der Waals surface area contributed by atoms with E-state index in [9.17, 15) is 24.3 Å². The minimum absolute atomic E-state index is 0.0359. The van der Waals surface area contributed by atoms with Gasteiger partial charge in [0.25, 0.3) is 0 Å². The second-order valence-electron chi connectivity index (χ2n) is 9.26. The van der Waals surface area contributed by atoms with Crippen LogP contribution >= 0.6 is 23.1 Å². The maximum absolute atomic E-state index is 13.4. The first-order valence-corrected chi connectivity index (χ1v) is 12.7. The zero-order valence-corrected chi connectivity index (χ0v) is 19.5. The van der Waals surface area contributed by atoms with Crippen LogP contribution in [-0.2, 0) is 14.4 Å². The number of H-pyrrole nitrogens is 1. The fourth-order valence-corrected chi connectivity index (χ4v) is 9.68. The fraction of sp³-hybridized carbons (Fsp3) is 0.478. The van der Waals surface area contributed by atoms with Gasteiger partial charge in [0, 0.05) is 21.6 Å². The van der Waals surface area contributed by atoms with Gasteiger partial charge < -0.3 is 14.8 Å². The first-order chi connectivity index (χ1) is 15.8. The van der Waals surface area contributed by atoms with Crippen molar-refractivity contribution in [1.29, 1.82) is 0 Å². The molecular formula is C23H22N2O6S2. The summed E-state index contributed by atoms with van der Waals surface area (Å²) in [6, 6.07) is 6.58. The van der Waals surface area contributed by atoms with Crippen molar-refractivity contribution >= 4 is 40.9 Å². The second kappa shape index (κ2) is 7.20. The minimum atomic E-state index is -1.18. The third-order valence-corrected chi connectivity index (χ3v) is 10.6. The molecular weight excluding hydrogens is 464 g/mol. The molecule has 8 nitrogen and oxygen atoms in total. The van der Waals surface area contributed by atoms with E-state index in [1.165, 1.54) is 18.3 Å². The van der Waals surface area contributed by atoms with Gasteiger partial charge in [-0.1, -0.05) is 29.5 Å². The summed E-state index contributed by atoms with van der Waals surface area (Å²) < 4.78 is 5.66. The molecule has 2 amide bonds. The van der Waals surface area contributed by atoms with Gasteiger partial charge in [-0.3, -0.25) is 19.3 Å². The smallest absolute Gasteiger partial charge is 0.326 e. The molecule has 2 aromatic rings. The van der Waals surface area contributed by atoms with Crippen molar-refractivity contribution in [2.45, 2.75) is 35.6 Å². The number of thioether (sulfide) groups is 1. The minimum Gasteiger partial charge on any atom is -0.496 e. The van der Waals surface area contributed by atoms with E-state index in [0.29, 0.717) is 0 Å². The number of carbonyl (C=O) groups excluding carboxylic acids is 2. The topological polar surface area (TPSA) is 117 Å². The highest BCUT2D eigenvalue weighted by atomic mass is 32.2. The zero-order chi connectivity index (χ0) is 23.2. The molecule has 1 aromatic carbocycles. The van der Waals surface area contributed by atoms with Crippen LogP contribution in [0.2, 0.25) is 0 Å². The monoisotopic (exact) mass is 486 g/mol. The molecule has 172 valence electrons. The predicted octanol–water partition coefficient (Wildman–Crippen LogP) is 2.39. The van der Waals surface area contributed by atoms with Gasteiger partial charge >= 0.3 is 10.8 Å². The number of carbonyl (C=O) groups is 3. The lowest BCUT2D eigenvalue weighted by molar-refractivity contribution is -0.154. The highest BCUT2D eigenvalue weighted by molar-refractivity contribution is 8.00. The van der Waals surface area contributed by atoms with E-state index < -0.39 is 23.8 Å². The standard InChI is InChI=1S/C23H22N2O6S2/c1-8(22(28)29)25-20(26)15-10-7-11(16(15)21(25)27)17-14(10)13(9-5-3-4-6-12(9)31-2)18-19(32-17)24-23(30)33-18/h3-6,8,10-11,13-17H,7H2,1-2H3,(H,24,30)(H,28,29)/t8-,10+,11+,13+,14+,15-,16-,17+/m0/s1. The molecule has 8 atom stereocenters. The number of rotatable bonds is 4. The average Bonchev–Trinajstić information content (AvgIpc) is 3.52. The lowest BCUT2D eigenvalue weighted by Gasteiger charge is -2.43. The van der Waals surface area contributed by atoms with Crippen LogP contribution in [0.3, 0.4) is 0 Å². The predicted molar refractivity (Wildman–Crippen MR) is 120 cm³/mol. The molecule has 1 aromatic heterocycles. The zero-order valence-electron chi connectivity index (χ0n) is 17.9. The van der Waals surface area contributed by atoms with E-state index >= 15 is 0 Å². The number of para-hydroxylation sites is 1. The van der Waals surface area contributed by atoms with Crippen LogP contribution in [-0.4, -0.2) is 51.2 Å². The number of amides is 2. The summed E-state index contributed by atoms with van der Waals surface area (Å²) >= 11 is 2.80. The second-order valence-corrected chi connectivity index (χ2v) is 11.5. The van der Waals surface area contributed by atoms with Crippen molar-refractivity contribution in [2.75, 3.05) is 7.11 Å². The Morgan fingerprint density at radius 3 is 2.58 bits per heavy atom. The highest BCUT2D eigenvalue weighted by Crippen LogP contribution is 2.69. The molecule has 2 saturated carbocycles. The third kappa shape index (κ3) is 2.70. The molecule has 0 unspecified atom stereocenters. The van der Waals surface area contributed by atoms with E-state index in [0.717, 1.165) is 32.5 Å². The van der Waals surface area contributed by atoms with Crippen molar-refractivity contribution in [3.63, 3.8) is 0 Å². The van der Waals surface area contributed by atoms with Crippen LogP contribution in [0.4, 0.5) is 0 Å². The number of thiazole rings is 1. The summed E-state index contributed by atoms with van der Waals surface area (Å²) in [5, 5.41) is 10.4. The van der Waals surface area contributed by atoms with Gasteiger partial charge in [-0.05, 0) is 37.2 Å². The fourth-order valence-electron chi connectivity index (χ4n) is 6.80. The molecule has 2 N–H and O–H groups in total. The number of benzene rings is 1. The number of imide groups is 1. The number of likely N-dealkylation sites (tertiary alicyclic amines) is 1. The number of carboxylic acids is 1. The Kier molecular flexibility index (Phi) is 4.58. The molecule has 10 heteroatoms. The van der Waals surface area contributed by atoms with Gasteiger partial charge in [-0.2, -0.15) is 0 Å².